The Morgan fingerprint density at radius 1 is 1.44 bits per heavy atom. The molecule has 0 amide bonds. The van der Waals surface area contributed by atoms with E-state index in [4.69, 9.17) is 5.73 Å². The summed E-state index contributed by atoms with van der Waals surface area (Å²) in [6.07, 6.45) is 2.60. The minimum Gasteiger partial charge on any atom is -0.373 e. The van der Waals surface area contributed by atoms with E-state index in [0.717, 1.165) is 12.5 Å². The van der Waals surface area contributed by atoms with E-state index in [-0.39, 0.29) is 5.54 Å². The van der Waals surface area contributed by atoms with Crippen molar-refractivity contribution < 1.29 is 0 Å². The van der Waals surface area contributed by atoms with Crippen LogP contribution in [0.25, 0.3) is 0 Å². The van der Waals surface area contributed by atoms with Crippen LogP contribution in [-0.2, 0) is 0 Å². The fourth-order valence-corrected chi connectivity index (χ4v) is 2.34. The van der Waals surface area contributed by atoms with Gasteiger partial charge in [0.25, 0.3) is 0 Å². The Balaban J connectivity index is 2.04. The van der Waals surface area contributed by atoms with E-state index in [1.807, 2.05) is 0 Å². The predicted octanol–water partition coefficient (Wildman–Crippen LogP) is 2.56. The fraction of sp³-hybridized carbons (Fsp3) is 0.571. The van der Waals surface area contributed by atoms with Crippen molar-refractivity contribution in [3.63, 3.8) is 0 Å². The molecule has 0 saturated heterocycles. The van der Waals surface area contributed by atoms with E-state index in [1.165, 1.54) is 24.1 Å². The predicted molar refractivity (Wildman–Crippen MR) is 69.8 cm³/mol. The third kappa shape index (κ3) is 2.56. The second kappa shape index (κ2) is 4.10. The smallest absolute Gasteiger partial charge is 0.0366 e. The van der Waals surface area contributed by atoms with Gasteiger partial charge in [0, 0.05) is 24.8 Å². The number of hydrogen-bond acceptors (Lipinski definition) is 2. The van der Waals surface area contributed by atoms with Gasteiger partial charge in [0.1, 0.15) is 0 Å². The van der Waals surface area contributed by atoms with Crippen LogP contribution >= 0.6 is 0 Å². The molecule has 16 heavy (non-hydrogen) atoms. The Morgan fingerprint density at radius 2 is 2.12 bits per heavy atom. The molecule has 1 atom stereocenters. The molecule has 2 rings (SSSR count). The second-order valence-electron chi connectivity index (χ2n) is 5.48. The lowest BCUT2D eigenvalue weighted by molar-refractivity contribution is 0.412. The van der Waals surface area contributed by atoms with E-state index in [2.05, 4.69) is 50.1 Å². The summed E-state index contributed by atoms with van der Waals surface area (Å²) in [5.41, 5.74) is 8.88. The molecular formula is C14H22N2. The summed E-state index contributed by atoms with van der Waals surface area (Å²) >= 11 is 0. The molecule has 1 aliphatic carbocycles. The fourth-order valence-electron chi connectivity index (χ4n) is 2.34. The highest BCUT2D eigenvalue weighted by Crippen LogP contribution is 2.38. The monoisotopic (exact) mass is 218 g/mol. The summed E-state index contributed by atoms with van der Waals surface area (Å²) in [6, 6.07) is 8.59. The van der Waals surface area contributed by atoms with Crippen molar-refractivity contribution in [3.8, 4) is 0 Å². The number of aryl methyl sites for hydroxylation is 1. The van der Waals surface area contributed by atoms with E-state index in [0.29, 0.717) is 0 Å². The van der Waals surface area contributed by atoms with Crippen molar-refractivity contribution in [1.29, 1.82) is 0 Å². The average Bonchev–Trinajstić information content (AvgIpc) is 3.00. The number of anilines is 1. The molecule has 0 aromatic heterocycles. The van der Waals surface area contributed by atoms with Gasteiger partial charge in [0.05, 0.1) is 0 Å². The number of nitrogens with zero attached hydrogens (tertiary/aromatic N) is 1. The van der Waals surface area contributed by atoms with Gasteiger partial charge >= 0.3 is 0 Å². The maximum absolute atomic E-state index is 6.36. The van der Waals surface area contributed by atoms with Gasteiger partial charge < -0.3 is 10.6 Å². The van der Waals surface area contributed by atoms with Crippen LogP contribution in [0, 0.1) is 12.8 Å². The molecule has 0 aliphatic heterocycles. The normalized spacial score (nSPS) is 19.2. The second-order valence-corrected chi connectivity index (χ2v) is 5.48. The lowest BCUT2D eigenvalue weighted by atomic mass is 9.96. The maximum atomic E-state index is 6.36. The van der Waals surface area contributed by atoms with E-state index < -0.39 is 0 Å². The first-order valence-corrected chi connectivity index (χ1v) is 6.06. The van der Waals surface area contributed by atoms with Gasteiger partial charge in [-0.15, -0.1) is 0 Å². The first-order valence-electron chi connectivity index (χ1n) is 6.06. The molecule has 0 heterocycles. The summed E-state index contributed by atoms with van der Waals surface area (Å²) in [4.78, 5) is 2.27. The van der Waals surface area contributed by atoms with Crippen LogP contribution in [0.1, 0.15) is 25.3 Å². The Bertz CT molecular complexity index is 367. The Morgan fingerprint density at radius 3 is 2.69 bits per heavy atom. The number of rotatable bonds is 4. The molecule has 1 aromatic carbocycles. The quantitative estimate of drug-likeness (QED) is 0.841. The van der Waals surface area contributed by atoms with Gasteiger partial charge in [-0.2, -0.15) is 0 Å². The largest absolute Gasteiger partial charge is 0.373 e. The zero-order valence-electron chi connectivity index (χ0n) is 10.5. The first kappa shape index (κ1) is 11.5. The molecule has 2 heteroatoms. The van der Waals surface area contributed by atoms with Crippen LogP contribution in [0.4, 0.5) is 5.69 Å². The molecular weight excluding hydrogens is 196 g/mol. The van der Waals surface area contributed by atoms with E-state index in [9.17, 15) is 0 Å². The number of benzene rings is 1. The lowest BCUT2D eigenvalue weighted by Gasteiger charge is -2.31. The molecule has 1 fully saturated rings. The summed E-state index contributed by atoms with van der Waals surface area (Å²) in [6.45, 7) is 5.23. The van der Waals surface area contributed by atoms with Crippen molar-refractivity contribution in [2.75, 3.05) is 18.5 Å². The van der Waals surface area contributed by atoms with Crippen LogP contribution in [-0.4, -0.2) is 19.1 Å². The van der Waals surface area contributed by atoms with Crippen LogP contribution in [0.2, 0.25) is 0 Å². The third-order valence-electron chi connectivity index (χ3n) is 3.53. The Kier molecular flexibility index (Phi) is 2.94. The molecule has 1 aliphatic rings. The van der Waals surface area contributed by atoms with Gasteiger partial charge in [0.2, 0.25) is 0 Å². The van der Waals surface area contributed by atoms with Crippen LogP contribution < -0.4 is 10.6 Å². The summed E-state index contributed by atoms with van der Waals surface area (Å²) in [5, 5.41) is 0. The SMILES string of the molecule is Cc1cccc(N(C)CC(C)(N)C2CC2)c1. The van der Waals surface area contributed by atoms with Crippen molar-refractivity contribution in [3.05, 3.63) is 29.8 Å². The molecule has 2 nitrogen and oxygen atoms in total. The molecule has 2 N–H and O–H groups in total. The minimum absolute atomic E-state index is 0.0432. The van der Waals surface area contributed by atoms with E-state index >= 15 is 0 Å². The first-order chi connectivity index (χ1) is 7.49. The van der Waals surface area contributed by atoms with Crippen LogP contribution in [0.15, 0.2) is 24.3 Å². The molecule has 1 unspecified atom stereocenters. The summed E-state index contributed by atoms with van der Waals surface area (Å²) in [7, 11) is 2.13. The molecule has 1 saturated carbocycles. The third-order valence-corrected chi connectivity index (χ3v) is 3.53. The van der Waals surface area contributed by atoms with Crippen molar-refractivity contribution in [1.82, 2.24) is 0 Å². The van der Waals surface area contributed by atoms with Crippen LogP contribution in [0.3, 0.4) is 0 Å². The zero-order chi connectivity index (χ0) is 11.8. The van der Waals surface area contributed by atoms with Gasteiger partial charge in [-0.25, -0.2) is 0 Å². The van der Waals surface area contributed by atoms with Gasteiger partial charge in [-0.3, -0.25) is 0 Å². The lowest BCUT2D eigenvalue weighted by Crippen LogP contribution is -2.48. The highest BCUT2D eigenvalue weighted by atomic mass is 15.1. The highest BCUT2D eigenvalue weighted by molar-refractivity contribution is 5.48. The molecule has 88 valence electrons. The average molecular weight is 218 g/mol. The number of nitrogens with two attached hydrogens (primary N) is 1. The molecule has 1 aromatic rings. The maximum Gasteiger partial charge on any atom is 0.0366 e. The van der Waals surface area contributed by atoms with Crippen LogP contribution in [0.5, 0.6) is 0 Å². The zero-order valence-corrected chi connectivity index (χ0v) is 10.5. The minimum atomic E-state index is -0.0432. The standard InChI is InChI=1S/C14H22N2/c1-11-5-4-6-13(9-11)16(3)10-14(2,15)12-7-8-12/h4-6,9,12H,7-8,10,15H2,1-3H3. The summed E-state index contributed by atoms with van der Waals surface area (Å²) in [5.74, 6) is 0.722. The van der Waals surface area contributed by atoms with Crippen molar-refractivity contribution in [2.24, 2.45) is 11.7 Å². The van der Waals surface area contributed by atoms with E-state index in [1.54, 1.807) is 0 Å². The van der Waals surface area contributed by atoms with Gasteiger partial charge in [-0.1, -0.05) is 12.1 Å². The van der Waals surface area contributed by atoms with Gasteiger partial charge in [-0.05, 0) is 50.3 Å². The van der Waals surface area contributed by atoms with Crippen molar-refractivity contribution >= 4 is 5.69 Å². The number of likely N-dealkylation sites (N-methyl/N-ethyl adjacent to an activating group) is 1. The molecule has 0 spiro atoms. The Hall–Kier alpha value is -1.02. The van der Waals surface area contributed by atoms with Crippen molar-refractivity contribution in [2.45, 2.75) is 32.2 Å². The van der Waals surface area contributed by atoms with Gasteiger partial charge in [0.15, 0.2) is 0 Å². The summed E-state index contributed by atoms with van der Waals surface area (Å²) < 4.78 is 0. The molecule has 0 radical (unpaired) electrons. The molecule has 0 bridgehead atoms. The Labute approximate surface area is 98.4 Å². The topological polar surface area (TPSA) is 29.3 Å². The number of hydrogen-bond donors (Lipinski definition) is 1. The highest BCUT2D eigenvalue weighted by Gasteiger charge is 2.39.